The third kappa shape index (κ3) is 9.56. The van der Waals surface area contributed by atoms with Crippen molar-refractivity contribution in [2.45, 2.75) is 76.5 Å². The van der Waals surface area contributed by atoms with E-state index in [9.17, 15) is 22.8 Å². The van der Waals surface area contributed by atoms with Gasteiger partial charge in [0.1, 0.15) is 27.9 Å². The highest BCUT2D eigenvalue weighted by Gasteiger charge is 2.31. The fourth-order valence-electron chi connectivity index (χ4n) is 4.92. The monoisotopic (exact) mass is 654 g/mol. The number of hydrogen-bond donors (Lipinski definition) is 1. The van der Waals surface area contributed by atoms with Crippen LogP contribution in [0.2, 0.25) is 0 Å². The van der Waals surface area contributed by atoms with E-state index in [4.69, 9.17) is 13.7 Å². The molecular weight excluding hydrogens is 612 g/mol. The highest BCUT2D eigenvalue weighted by Crippen LogP contribution is 2.26. The van der Waals surface area contributed by atoms with E-state index in [-0.39, 0.29) is 36.1 Å². The summed E-state index contributed by atoms with van der Waals surface area (Å²) in [6.07, 6.45) is 2.56. The fraction of sp³-hybridized carbons (Fsp3) is 0.455. The molecule has 46 heavy (non-hydrogen) atoms. The van der Waals surface area contributed by atoms with Crippen LogP contribution in [0.3, 0.4) is 0 Å². The van der Waals surface area contributed by atoms with Crippen LogP contribution < -0.4 is 9.50 Å². The molecule has 12 nitrogen and oxygen atoms in total. The smallest absolute Gasteiger partial charge is 0.410 e. The minimum absolute atomic E-state index is 0.0198. The van der Waals surface area contributed by atoms with Crippen LogP contribution in [0, 0.1) is 0 Å². The van der Waals surface area contributed by atoms with Crippen molar-refractivity contribution >= 4 is 39.0 Å². The van der Waals surface area contributed by atoms with E-state index < -0.39 is 39.5 Å². The number of nitrogens with zero attached hydrogens (tertiary/aromatic N) is 3. The van der Waals surface area contributed by atoms with E-state index >= 15 is 0 Å². The Labute approximate surface area is 270 Å². The van der Waals surface area contributed by atoms with Crippen molar-refractivity contribution in [2.75, 3.05) is 26.2 Å². The first-order chi connectivity index (χ1) is 21.5. The van der Waals surface area contributed by atoms with Gasteiger partial charge in [-0.3, -0.25) is 9.78 Å². The first-order valence-electron chi connectivity index (χ1n) is 15.1. The van der Waals surface area contributed by atoms with Crippen LogP contribution in [-0.4, -0.2) is 84.7 Å². The van der Waals surface area contributed by atoms with Gasteiger partial charge in [0.25, 0.3) is 0 Å². The first kappa shape index (κ1) is 34.5. The summed E-state index contributed by atoms with van der Waals surface area (Å²) in [6.45, 7) is 11.9. The zero-order valence-electron chi connectivity index (χ0n) is 27.1. The molecule has 1 N–H and O–H groups in total. The third-order valence-corrected chi connectivity index (χ3v) is 8.23. The molecule has 1 aliphatic heterocycles. The van der Waals surface area contributed by atoms with Gasteiger partial charge in [0.05, 0.1) is 0 Å². The van der Waals surface area contributed by atoms with E-state index in [1.807, 2.05) is 0 Å². The summed E-state index contributed by atoms with van der Waals surface area (Å²) < 4.78 is 42.7. The SMILES string of the molecule is CC(C)(C)OC(=O)N[C@@H](Cc1ccc(OS(=O)(=O)c2cccc3cnccc23)cc1)C(=O)N1CCCN(C(=O)OC(C)(C)C)CC1. The minimum Gasteiger partial charge on any atom is -0.444 e. The molecule has 0 radical (unpaired) electrons. The fourth-order valence-corrected chi connectivity index (χ4v) is 6.07. The minimum atomic E-state index is -4.16. The lowest BCUT2D eigenvalue weighted by molar-refractivity contribution is -0.133. The summed E-state index contributed by atoms with van der Waals surface area (Å²) in [7, 11) is -4.16. The second-order valence-corrected chi connectivity index (χ2v) is 14.6. The van der Waals surface area contributed by atoms with Crippen LogP contribution in [0.4, 0.5) is 9.59 Å². The average molecular weight is 655 g/mol. The van der Waals surface area contributed by atoms with Gasteiger partial charge in [-0.1, -0.05) is 24.3 Å². The van der Waals surface area contributed by atoms with Gasteiger partial charge in [-0.15, -0.1) is 0 Å². The normalized spacial score (nSPS) is 15.1. The van der Waals surface area contributed by atoms with Crippen molar-refractivity contribution in [3.05, 3.63) is 66.5 Å². The Morgan fingerprint density at radius 2 is 1.52 bits per heavy atom. The molecule has 3 amide bonds. The molecule has 2 aromatic carbocycles. The number of pyridine rings is 1. The number of hydrogen-bond acceptors (Lipinski definition) is 9. The van der Waals surface area contributed by atoms with Gasteiger partial charge in [0, 0.05) is 55.8 Å². The van der Waals surface area contributed by atoms with E-state index in [2.05, 4.69) is 10.3 Å². The van der Waals surface area contributed by atoms with E-state index in [0.717, 1.165) is 0 Å². The van der Waals surface area contributed by atoms with Crippen LogP contribution in [0.5, 0.6) is 5.75 Å². The van der Waals surface area contributed by atoms with Crippen LogP contribution in [0.15, 0.2) is 65.8 Å². The Hall–Kier alpha value is -4.39. The van der Waals surface area contributed by atoms with Crippen molar-refractivity contribution in [2.24, 2.45) is 0 Å². The Morgan fingerprint density at radius 3 is 2.20 bits per heavy atom. The number of aromatic nitrogens is 1. The van der Waals surface area contributed by atoms with Gasteiger partial charge in [0.15, 0.2) is 0 Å². The second kappa shape index (κ2) is 13.9. The number of ether oxygens (including phenoxy) is 2. The van der Waals surface area contributed by atoms with Crippen LogP contribution in [0.25, 0.3) is 10.8 Å². The molecule has 1 fully saturated rings. The standard InChI is InChI=1S/C33H42N4O8S/c1-32(2,3)43-30(39)35-27(29(38)36-17-8-18-37(20-19-36)31(40)44-33(4,5)6)21-23-11-13-25(14-12-23)45-46(41,42)28-10-7-9-24-22-34-16-15-26(24)28/h7,9-16,22,27H,8,17-21H2,1-6H3,(H,35,39)/t27-/m0/s1. The van der Waals surface area contributed by atoms with E-state index in [1.165, 1.54) is 24.4 Å². The number of rotatable bonds is 7. The predicted molar refractivity (Wildman–Crippen MR) is 172 cm³/mol. The van der Waals surface area contributed by atoms with E-state index in [1.54, 1.807) is 87.9 Å². The Kier molecular flexibility index (Phi) is 10.4. The van der Waals surface area contributed by atoms with Crippen molar-refractivity contribution < 1.29 is 36.5 Å². The Balaban J connectivity index is 1.48. The zero-order chi connectivity index (χ0) is 33.7. The summed E-state index contributed by atoms with van der Waals surface area (Å²) in [6, 6.07) is 11.8. The molecule has 13 heteroatoms. The molecular formula is C33H42N4O8S. The van der Waals surface area contributed by atoms with Crippen LogP contribution in [0.1, 0.15) is 53.5 Å². The molecule has 0 unspecified atom stereocenters. The second-order valence-electron chi connectivity index (χ2n) is 13.1. The summed E-state index contributed by atoms with van der Waals surface area (Å²) >= 11 is 0. The highest BCUT2D eigenvalue weighted by molar-refractivity contribution is 7.87. The lowest BCUT2D eigenvalue weighted by Crippen LogP contribution is -2.51. The lowest BCUT2D eigenvalue weighted by Gasteiger charge is -2.29. The van der Waals surface area contributed by atoms with Gasteiger partial charge in [-0.05, 0) is 77.8 Å². The lowest BCUT2D eigenvalue weighted by atomic mass is 10.0. The molecule has 1 atom stereocenters. The number of fused-ring (bicyclic) bond motifs is 1. The van der Waals surface area contributed by atoms with Crippen molar-refractivity contribution in [3.8, 4) is 5.75 Å². The van der Waals surface area contributed by atoms with Crippen molar-refractivity contribution in [1.82, 2.24) is 20.1 Å². The maximum atomic E-state index is 13.8. The highest BCUT2D eigenvalue weighted by atomic mass is 32.2. The number of benzene rings is 2. The average Bonchev–Trinajstić information content (AvgIpc) is 3.22. The maximum absolute atomic E-state index is 13.8. The number of nitrogens with one attached hydrogen (secondary N) is 1. The molecule has 4 rings (SSSR count). The number of amides is 3. The summed E-state index contributed by atoms with van der Waals surface area (Å²) in [4.78, 5) is 46.4. The zero-order valence-corrected chi connectivity index (χ0v) is 27.9. The van der Waals surface area contributed by atoms with Crippen molar-refractivity contribution in [1.29, 1.82) is 0 Å². The summed E-state index contributed by atoms with van der Waals surface area (Å²) in [5.74, 6) is -0.238. The van der Waals surface area contributed by atoms with Gasteiger partial charge in [0.2, 0.25) is 5.91 Å². The summed E-state index contributed by atoms with van der Waals surface area (Å²) in [5, 5.41) is 3.86. The molecule has 1 saturated heterocycles. The molecule has 0 aliphatic carbocycles. The van der Waals surface area contributed by atoms with E-state index in [0.29, 0.717) is 35.8 Å². The molecule has 2 heterocycles. The maximum Gasteiger partial charge on any atom is 0.410 e. The molecule has 0 spiro atoms. The van der Waals surface area contributed by atoms with Crippen molar-refractivity contribution in [3.63, 3.8) is 0 Å². The topological polar surface area (TPSA) is 144 Å². The molecule has 1 aliphatic rings. The van der Waals surface area contributed by atoms with Crippen LogP contribution in [-0.2, 0) is 30.8 Å². The van der Waals surface area contributed by atoms with Gasteiger partial charge < -0.3 is 28.8 Å². The first-order valence-corrected chi connectivity index (χ1v) is 16.5. The number of carbonyl (C=O) groups excluding carboxylic acids is 3. The Bertz CT molecular complexity index is 1660. The number of alkyl carbamates (subject to hydrolysis) is 1. The van der Waals surface area contributed by atoms with Gasteiger partial charge >= 0.3 is 22.3 Å². The molecule has 1 aromatic heterocycles. The quantitative estimate of drug-likeness (QED) is 0.352. The largest absolute Gasteiger partial charge is 0.444 e. The molecule has 3 aromatic rings. The molecule has 0 bridgehead atoms. The molecule has 248 valence electrons. The van der Waals surface area contributed by atoms with Gasteiger partial charge in [-0.25, -0.2) is 9.59 Å². The third-order valence-electron chi connectivity index (χ3n) is 6.93. The Morgan fingerprint density at radius 1 is 0.870 bits per heavy atom. The molecule has 0 saturated carbocycles. The predicted octanol–water partition coefficient (Wildman–Crippen LogP) is 4.91. The van der Waals surface area contributed by atoms with Gasteiger partial charge in [-0.2, -0.15) is 8.42 Å². The summed E-state index contributed by atoms with van der Waals surface area (Å²) in [5.41, 5.74) is -0.764. The van der Waals surface area contributed by atoms with Crippen LogP contribution >= 0.6 is 0 Å². The number of carbonyl (C=O) groups is 3.